The number of fused-ring (bicyclic) bond motifs is 9. The summed E-state index contributed by atoms with van der Waals surface area (Å²) in [6, 6.07) is 86.6. The van der Waals surface area contributed by atoms with E-state index in [1.807, 2.05) is 0 Å². The van der Waals surface area contributed by atoms with E-state index in [1.165, 1.54) is 104 Å². The van der Waals surface area contributed by atoms with Gasteiger partial charge < -0.3 is 9.88 Å². The van der Waals surface area contributed by atoms with E-state index in [1.54, 1.807) is 0 Å². The lowest BCUT2D eigenvalue weighted by atomic mass is 9.90. The van der Waals surface area contributed by atoms with Gasteiger partial charge in [-0.05, 0) is 107 Å². The maximum Gasteiger partial charge on any atom is 0.105 e. The maximum absolute atomic E-state index is 4.11. The topological polar surface area (TPSA) is 29.0 Å². The third-order valence-electron chi connectivity index (χ3n) is 13.7. The molecule has 0 saturated heterocycles. The molecule has 11 aromatic carbocycles. The summed E-state index contributed by atoms with van der Waals surface area (Å²) in [5.41, 5.74) is 15.7. The number of para-hydroxylation sites is 1. The van der Waals surface area contributed by atoms with Crippen LogP contribution in [0.3, 0.4) is 0 Å². The molecule has 2 unspecified atom stereocenters. The molecule has 0 spiro atoms. The minimum Gasteiger partial charge on any atom is -0.366 e. The molecular weight excluding hydrogens is 787 g/mol. The van der Waals surface area contributed by atoms with Crippen molar-refractivity contribution in [2.45, 2.75) is 12.2 Å². The smallest absolute Gasteiger partial charge is 0.105 e. The summed E-state index contributed by atoms with van der Waals surface area (Å²) in [7, 11) is 0. The summed E-state index contributed by atoms with van der Waals surface area (Å²) >= 11 is 0. The lowest BCUT2D eigenvalue weighted by molar-refractivity contribution is 0.508. The molecule has 3 nitrogen and oxygen atoms in total. The molecule has 12 aromatic rings. The van der Waals surface area contributed by atoms with Crippen molar-refractivity contribution >= 4 is 59.8 Å². The van der Waals surface area contributed by atoms with Crippen LogP contribution in [0.1, 0.15) is 28.9 Å². The zero-order valence-corrected chi connectivity index (χ0v) is 35.6. The summed E-state index contributed by atoms with van der Waals surface area (Å²) in [6.07, 6.45) is -0.154. The Hall–Kier alpha value is -8.24. The van der Waals surface area contributed by atoms with Crippen molar-refractivity contribution in [1.29, 1.82) is 0 Å². The molecule has 0 bridgehead atoms. The highest BCUT2D eigenvalue weighted by molar-refractivity contribution is 6.30. The molecule has 1 aromatic heterocycles. The molecular formula is C62H43N3. The first-order chi connectivity index (χ1) is 32.2. The van der Waals surface area contributed by atoms with Crippen molar-refractivity contribution in [3.63, 3.8) is 0 Å². The Labute approximate surface area is 377 Å². The molecule has 306 valence electrons. The van der Waals surface area contributed by atoms with E-state index in [2.05, 4.69) is 252 Å². The van der Waals surface area contributed by atoms with Gasteiger partial charge in [-0.1, -0.05) is 206 Å². The van der Waals surface area contributed by atoms with Gasteiger partial charge in [-0.15, -0.1) is 0 Å². The number of nitrogens with zero attached hydrogens (tertiary/aromatic N) is 1. The Bertz CT molecular complexity index is 3770. The first-order valence-electron chi connectivity index (χ1n) is 22.6. The zero-order valence-electron chi connectivity index (χ0n) is 35.6. The van der Waals surface area contributed by atoms with Crippen molar-refractivity contribution in [2.75, 3.05) is 5.32 Å². The van der Waals surface area contributed by atoms with Crippen LogP contribution in [0.15, 0.2) is 237 Å². The van der Waals surface area contributed by atoms with Crippen LogP contribution >= 0.6 is 0 Å². The van der Waals surface area contributed by atoms with E-state index in [4.69, 9.17) is 0 Å². The Morgan fingerprint density at radius 2 is 0.938 bits per heavy atom. The fourth-order valence-electron chi connectivity index (χ4n) is 10.7. The highest BCUT2D eigenvalue weighted by atomic mass is 15.2. The fraction of sp³-hybridized carbons (Fsp3) is 0.0323. The van der Waals surface area contributed by atoms with Gasteiger partial charge in [0.1, 0.15) is 6.17 Å². The van der Waals surface area contributed by atoms with Crippen LogP contribution in [0.5, 0.6) is 0 Å². The molecule has 0 amide bonds. The Kier molecular flexibility index (Phi) is 8.75. The molecule has 3 heteroatoms. The van der Waals surface area contributed by atoms with Crippen LogP contribution in [-0.4, -0.2) is 4.57 Å². The zero-order chi connectivity index (χ0) is 42.8. The molecule has 0 fully saturated rings. The average molecular weight is 830 g/mol. The number of aromatic nitrogens is 1. The van der Waals surface area contributed by atoms with Gasteiger partial charge in [0.15, 0.2) is 0 Å². The first-order valence-corrected chi connectivity index (χ1v) is 22.6. The normalized spacial score (nSPS) is 14.8. The minimum absolute atomic E-state index is 0.0327. The molecule has 1 aliphatic rings. The van der Waals surface area contributed by atoms with Gasteiger partial charge in [0.25, 0.3) is 0 Å². The van der Waals surface area contributed by atoms with Gasteiger partial charge in [-0.2, -0.15) is 0 Å². The van der Waals surface area contributed by atoms with E-state index in [9.17, 15) is 0 Å². The van der Waals surface area contributed by atoms with E-state index in [0.29, 0.717) is 0 Å². The Morgan fingerprint density at radius 3 is 1.77 bits per heavy atom. The van der Waals surface area contributed by atoms with Gasteiger partial charge >= 0.3 is 0 Å². The predicted molar refractivity (Wildman–Crippen MR) is 274 cm³/mol. The Balaban J connectivity index is 0.964. The molecule has 65 heavy (non-hydrogen) atoms. The van der Waals surface area contributed by atoms with Crippen molar-refractivity contribution in [1.82, 2.24) is 9.88 Å². The number of nitrogens with one attached hydrogen (secondary N) is 2. The average Bonchev–Trinajstić information content (AvgIpc) is 3.73. The van der Waals surface area contributed by atoms with Crippen molar-refractivity contribution in [2.24, 2.45) is 0 Å². The largest absolute Gasteiger partial charge is 0.366 e. The van der Waals surface area contributed by atoms with E-state index in [-0.39, 0.29) is 12.2 Å². The number of rotatable bonds is 6. The van der Waals surface area contributed by atoms with Crippen molar-refractivity contribution < 1.29 is 0 Å². The quantitative estimate of drug-likeness (QED) is 0.175. The lowest BCUT2D eigenvalue weighted by Gasteiger charge is -2.36. The highest BCUT2D eigenvalue weighted by Gasteiger charge is 2.29. The summed E-state index contributed by atoms with van der Waals surface area (Å²) in [4.78, 5) is 0. The van der Waals surface area contributed by atoms with Gasteiger partial charge in [0.2, 0.25) is 0 Å². The molecule has 0 saturated carbocycles. The summed E-state index contributed by atoms with van der Waals surface area (Å²) < 4.78 is 2.53. The second-order valence-corrected chi connectivity index (χ2v) is 17.3. The highest BCUT2D eigenvalue weighted by Crippen LogP contribution is 2.46. The molecule has 0 radical (unpaired) electrons. The summed E-state index contributed by atoms with van der Waals surface area (Å²) in [5, 5.41) is 18.0. The number of benzene rings is 11. The summed E-state index contributed by atoms with van der Waals surface area (Å²) in [5.74, 6) is 0. The van der Waals surface area contributed by atoms with Crippen LogP contribution in [0.2, 0.25) is 0 Å². The van der Waals surface area contributed by atoms with Crippen LogP contribution in [-0.2, 0) is 0 Å². The SMILES string of the molecule is c1ccc(-c2ccc(-c3cccc(C4NC(c5cccc6c(-n7c8ccc9ccccc9c8c8c9ccccc9c(-c9ccccc9)cc87)cccc56)Nc5ccccc54)c3)cc2)cc1. The van der Waals surface area contributed by atoms with E-state index >= 15 is 0 Å². The molecule has 0 aliphatic carbocycles. The second kappa shape index (κ2) is 15.2. The maximum atomic E-state index is 4.11. The molecule has 1 aliphatic heterocycles. The third kappa shape index (κ3) is 6.16. The molecule has 2 atom stereocenters. The van der Waals surface area contributed by atoms with Crippen LogP contribution in [0, 0.1) is 0 Å². The Morgan fingerprint density at radius 1 is 0.354 bits per heavy atom. The van der Waals surface area contributed by atoms with E-state index in [0.717, 1.165) is 11.4 Å². The monoisotopic (exact) mass is 829 g/mol. The number of hydrogen-bond donors (Lipinski definition) is 2. The summed E-state index contributed by atoms with van der Waals surface area (Å²) in [6.45, 7) is 0. The fourth-order valence-corrected chi connectivity index (χ4v) is 10.7. The first kappa shape index (κ1) is 37.3. The third-order valence-corrected chi connectivity index (χ3v) is 13.7. The van der Waals surface area contributed by atoms with Crippen molar-refractivity contribution in [3.8, 4) is 39.1 Å². The number of hydrogen-bond acceptors (Lipinski definition) is 2. The minimum atomic E-state index is -0.154. The molecule has 2 heterocycles. The van der Waals surface area contributed by atoms with Gasteiger partial charge in [-0.3, -0.25) is 5.32 Å². The van der Waals surface area contributed by atoms with Gasteiger partial charge in [-0.25, -0.2) is 0 Å². The van der Waals surface area contributed by atoms with Gasteiger partial charge in [0.05, 0.1) is 22.8 Å². The van der Waals surface area contributed by atoms with Crippen LogP contribution in [0.4, 0.5) is 5.69 Å². The van der Waals surface area contributed by atoms with Gasteiger partial charge in [0, 0.05) is 21.8 Å². The van der Waals surface area contributed by atoms with E-state index < -0.39 is 0 Å². The lowest BCUT2D eigenvalue weighted by Crippen LogP contribution is -2.37. The van der Waals surface area contributed by atoms with Crippen LogP contribution in [0.25, 0.3) is 93.2 Å². The molecule has 2 N–H and O–H groups in total. The number of anilines is 1. The van der Waals surface area contributed by atoms with Crippen LogP contribution < -0.4 is 10.6 Å². The second-order valence-electron chi connectivity index (χ2n) is 17.3. The van der Waals surface area contributed by atoms with Crippen molar-refractivity contribution in [3.05, 3.63) is 253 Å². The molecule has 13 rings (SSSR count). The predicted octanol–water partition coefficient (Wildman–Crippen LogP) is 16.0. The standard InChI is InChI=1S/C62H43N3/c1-3-16-40(17-4-1)41-32-34-42(35-33-41)45-21-13-22-46(38-45)61-53-26-11-12-30-55(53)63-62(64-61)52-29-14-28-50-48(52)27-15-31-56(50)65-57-37-36-44-20-7-8-23-47(44)59(57)60-51-25-10-9-24-49(51)54(39-58(60)65)43-18-5-2-6-19-43/h1-39,61-64H.